The Kier molecular flexibility index (Phi) is 6.50. The quantitative estimate of drug-likeness (QED) is 0.358. The SMILES string of the molecule is COC(=O)C1=C(Nc2ccccc2-c2nc(Nc3nc(C)cc(C)n3)n[nH]2)C(=O)N(CCO)C1. The van der Waals surface area contributed by atoms with Crippen LogP contribution < -0.4 is 10.6 Å². The number of aliphatic hydroxyl groups excluding tert-OH is 1. The number of ether oxygens (including phenoxy) is 1. The first-order valence-electron chi connectivity index (χ1n) is 10.5. The van der Waals surface area contributed by atoms with Gasteiger partial charge in [0.1, 0.15) is 5.70 Å². The van der Waals surface area contributed by atoms with Gasteiger partial charge in [0.25, 0.3) is 5.91 Å². The Balaban J connectivity index is 1.62. The molecule has 3 heterocycles. The summed E-state index contributed by atoms with van der Waals surface area (Å²) in [6.45, 7) is 3.66. The summed E-state index contributed by atoms with van der Waals surface area (Å²) < 4.78 is 4.84. The van der Waals surface area contributed by atoms with Crippen molar-refractivity contribution in [1.29, 1.82) is 0 Å². The number of aromatic nitrogens is 5. The first-order valence-corrected chi connectivity index (χ1v) is 10.5. The number of carbonyl (C=O) groups excluding carboxylic acids is 2. The van der Waals surface area contributed by atoms with E-state index in [1.54, 1.807) is 18.2 Å². The summed E-state index contributed by atoms with van der Waals surface area (Å²) in [6, 6.07) is 9.01. The standard InChI is InChI=1S/C22H24N8O4/c1-12-10-13(2)24-21(23-12)27-22-26-18(28-29-22)14-6-4-5-7-16(14)25-17-15(20(33)34-3)11-30(8-9-31)19(17)32/h4-7,10,25,31H,8-9,11H2,1-3H3,(H2,23,24,26,27,28,29). The van der Waals surface area contributed by atoms with Gasteiger partial charge in [-0.05, 0) is 32.0 Å². The molecular weight excluding hydrogens is 440 g/mol. The van der Waals surface area contributed by atoms with E-state index in [4.69, 9.17) is 4.74 Å². The number of methoxy groups -OCH3 is 1. The number of nitrogens with zero attached hydrogens (tertiary/aromatic N) is 5. The molecule has 4 N–H and O–H groups in total. The summed E-state index contributed by atoms with van der Waals surface area (Å²) in [5, 5.41) is 22.3. The smallest absolute Gasteiger partial charge is 0.337 e. The fraction of sp³-hybridized carbons (Fsp3) is 0.273. The lowest BCUT2D eigenvalue weighted by atomic mass is 10.1. The van der Waals surface area contributed by atoms with E-state index in [0.717, 1.165) is 11.4 Å². The largest absolute Gasteiger partial charge is 0.466 e. The molecule has 1 amide bonds. The summed E-state index contributed by atoms with van der Waals surface area (Å²) in [4.78, 5) is 39.6. The van der Waals surface area contributed by atoms with E-state index in [2.05, 4.69) is 35.8 Å². The Hall–Kier alpha value is -4.32. The third-order valence-electron chi connectivity index (χ3n) is 5.09. The molecule has 3 aromatic rings. The predicted molar refractivity (Wildman–Crippen MR) is 123 cm³/mol. The van der Waals surface area contributed by atoms with E-state index in [1.807, 2.05) is 26.0 Å². The summed E-state index contributed by atoms with van der Waals surface area (Å²) in [6.07, 6.45) is 0. The Bertz CT molecular complexity index is 1250. The third-order valence-corrected chi connectivity index (χ3v) is 5.09. The number of aryl methyl sites for hydroxylation is 2. The van der Waals surface area contributed by atoms with Crippen molar-refractivity contribution in [2.75, 3.05) is 37.4 Å². The van der Waals surface area contributed by atoms with Crippen LogP contribution in [-0.4, -0.2) is 73.8 Å². The number of para-hydroxylation sites is 1. The molecule has 1 aromatic carbocycles. The number of rotatable bonds is 8. The lowest BCUT2D eigenvalue weighted by Crippen LogP contribution is -2.31. The summed E-state index contributed by atoms with van der Waals surface area (Å²) in [5.41, 5.74) is 3.05. The number of nitrogens with one attached hydrogen (secondary N) is 3. The molecule has 12 nitrogen and oxygen atoms in total. The molecule has 34 heavy (non-hydrogen) atoms. The number of aromatic amines is 1. The zero-order valence-corrected chi connectivity index (χ0v) is 18.9. The Morgan fingerprint density at radius 3 is 2.59 bits per heavy atom. The highest BCUT2D eigenvalue weighted by Gasteiger charge is 2.34. The van der Waals surface area contributed by atoms with Gasteiger partial charge in [0.15, 0.2) is 5.82 Å². The molecule has 0 aliphatic carbocycles. The van der Waals surface area contributed by atoms with Gasteiger partial charge in [0.05, 0.1) is 25.8 Å². The van der Waals surface area contributed by atoms with Crippen molar-refractivity contribution in [3.63, 3.8) is 0 Å². The molecule has 0 saturated carbocycles. The van der Waals surface area contributed by atoms with Gasteiger partial charge in [-0.25, -0.2) is 14.8 Å². The number of hydrogen-bond acceptors (Lipinski definition) is 10. The number of anilines is 3. The van der Waals surface area contributed by atoms with E-state index < -0.39 is 11.9 Å². The number of amides is 1. The maximum atomic E-state index is 12.9. The molecule has 2 aromatic heterocycles. The molecule has 0 fully saturated rings. The lowest BCUT2D eigenvalue weighted by Gasteiger charge is -2.15. The predicted octanol–water partition coefficient (Wildman–Crippen LogP) is 1.30. The molecule has 1 aliphatic rings. The van der Waals surface area contributed by atoms with Crippen LogP contribution in [0.1, 0.15) is 11.4 Å². The van der Waals surface area contributed by atoms with Crippen LogP contribution in [0.4, 0.5) is 17.6 Å². The van der Waals surface area contributed by atoms with Gasteiger partial charge in [-0.2, -0.15) is 4.98 Å². The van der Waals surface area contributed by atoms with Crippen LogP contribution >= 0.6 is 0 Å². The molecule has 12 heteroatoms. The normalized spacial score (nSPS) is 13.4. The number of esters is 1. The molecule has 4 rings (SSSR count). The second kappa shape index (κ2) is 9.67. The van der Waals surface area contributed by atoms with Crippen LogP contribution in [-0.2, 0) is 14.3 Å². The van der Waals surface area contributed by atoms with E-state index in [9.17, 15) is 14.7 Å². The second-order valence-electron chi connectivity index (χ2n) is 7.57. The van der Waals surface area contributed by atoms with Crippen LogP contribution in [0, 0.1) is 13.8 Å². The lowest BCUT2D eigenvalue weighted by molar-refractivity contribution is -0.136. The molecule has 0 atom stereocenters. The molecule has 0 spiro atoms. The third kappa shape index (κ3) is 4.71. The Labute approximate surface area is 195 Å². The fourth-order valence-corrected chi connectivity index (χ4v) is 3.60. The minimum Gasteiger partial charge on any atom is -0.466 e. The van der Waals surface area contributed by atoms with Crippen molar-refractivity contribution in [3.05, 3.63) is 53.0 Å². The molecule has 176 valence electrons. The number of carbonyl (C=O) groups is 2. The number of aliphatic hydroxyl groups is 1. The average molecular weight is 464 g/mol. The van der Waals surface area contributed by atoms with Crippen LogP contribution in [0.5, 0.6) is 0 Å². The van der Waals surface area contributed by atoms with Crippen LogP contribution in [0.2, 0.25) is 0 Å². The fourth-order valence-electron chi connectivity index (χ4n) is 3.60. The molecule has 1 aliphatic heterocycles. The maximum absolute atomic E-state index is 12.9. The van der Waals surface area contributed by atoms with Gasteiger partial charge in [0, 0.05) is 29.2 Å². The number of benzene rings is 1. The Morgan fingerprint density at radius 2 is 1.88 bits per heavy atom. The van der Waals surface area contributed by atoms with Crippen molar-refractivity contribution < 1.29 is 19.4 Å². The monoisotopic (exact) mass is 464 g/mol. The first-order chi connectivity index (χ1) is 16.4. The highest BCUT2D eigenvalue weighted by atomic mass is 16.5. The zero-order chi connectivity index (χ0) is 24.2. The topological polar surface area (TPSA) is 158 Å². The average Bonchev–Trinajstić information content (AvgIpc) is 3.38. The highest BCUT2D eigenvalue weighted by molar-refractivity contribution is 6.09. The zero-order valence-electron chi connectivity index (χ0n) is 18.9. The number of H-pyrrole nitrogens is 1. The van der Waals surface area contributed by atoms with Crippen LogP contribution in [0.15, 0.2) is 41.6 Å². The number of hydrogen-bond donors (Lipinski definition) is 4. The van der Waals surface area contributed by atoms with Gasteiger partial charge in [-0.3, -0.25) is 15.2 Å². The van der Waals surface area contributed by atoms with Gasteiger partial charge < -0.3 is 20.1 Å². The van der Waals surface area contributed by atoms with Crippen molar-refractivity contribution in [3.8, 4) is 11.4 Å². The minimum absolute atomic E-state index is 0.0445. The summed E-state index contributed by atoms with van der Waals surface area (Å²) in [5.74, 6) is 0.0514. The first kappa shape index (κ1) is 22.9. The second-order valence-corrected chi connectivity index (χ2v) is 7.57. The van der Waals surface area contributed by atoms with Gasteiger partial charge in [-0.1, -0.05) is 12.1 Å². The van der Waals surface area contributed by atoms with Crippen molar-refractivity contribution >= 4 is 29.5 Å². The molecule has 0 unspecified atom stereocenters. The molecular formula is C22H24N8O4. The van der Waals surface area contributed by atoms with Crippen molar-refractivity contribution in [2.24, 2.45) is 0 Å². The van der Waals surface area contributed by atoms with Crippen molar-refractivity contribution in [1.82, 2.24) is 30.0 Å². The molecule has 0 radical (unpaired) electrons. The van der Waals surface area contributed by atoms with E-state index >= 15 is 0 Å². The van der Waals surface area contributed by atoms with Crippen molar-refractivity contribution in [2.45, 2.75) is 13.8 Å². The van der Waals surface area contributed by atoms with E-state index in [0.29, 0.717) is 23.0 Å². The van der Waals surface area contributed by atoms with E-state index in [1.165, 1.54) is 12.0 Å². The summed E-state index contributed by atoms with van der Waals surface area (Å²) >= 11 is 0. The molecule has 0 bridgehead atoms. The van der Waals surface area contributed by atoms with Crippen LogP contribution in [0.3, 0.4) is 0 Å². The van der Waals surface area contributed by atoms with E-state index in [-0.39, 0.29) is 36.9 Å². The molecule has 0 saturated heterocycles. The van der Waals surface area contributed by atoms with Gasteiger partial charge >= 0.3 is 5.97 Å². The van der Waals surface area contributed by atoms with Gasteiger partial charge in [-0.15, -0.1) is 5.10 Å². The van der Waals surface area contributed by atoms with Gasteiger partial charge in [0.2, 0.25) is 11.9 Å². The highest BCUT2D eigenvalue weighted by Crippen LogP contribution is 2.30. The maximum Gasteiger partial charge on any atom is 0.337 e. The number of β-amino-alcohol motifs (C(OH)–C–C–N with tert-alkyl or cyclic N) is 1. The minimum atomic E-state index is -0.617. The summed E-state index contributed by atoms with van der Waals surface area (Å²) in [7, 11) is 1.25. The Morgan fingerprint density at radius 1 is 1.15 bits per heavy atom. The van der Waals surface area contributed by atoms with Crippen LogP contribution in [0.25, 0.3) is 11.4 Å².